The average Bonchev–Trinajstić information content (AvgIpc) is 3.42. The SMILES string of the molecule is O=C1CCCN1c1ccc(C(=O)N2CC3(CCCC3)c3c(F)cccc32)cc1. The summed E-state index contributed by atoms with van der Waals surface area (Å²) in [5, 5.41) is 0. The van der Waals surface area contributed by atoms with Crippen LogP contribution in [0.5, 0.6) is 0 Å². The average molecular weight is 378 g/mol. The maximum atomic E-state index is 14.7. The van der Waals surface area contributed by atoms with Crippen LogP contribution in [0.4, 0.5) is 15.8 Å². The highest BCUT2D eigenvalue weighted by molar-refractivity contribution is 6.08. The molecule has 0 unspecified atom stereocenters. The number of carbonyl (C=O) groups is 2. The summed E-state index contributed by atoms with van der Waals surface area (Å²) < 4.78 is 14.7. The zero-order valence-corrected chi connectivity index (χ0v) is 15.8. The van der Waals surface area contributed by atoms with Crippen molar-refractivity contribution < 1.29 is 14.0 Å². The van der Waals surface area contributed by atoms with Crippen LogP contribution in [0.25, 0.3) is 0 Å². The fraction of sp³-hybridized carbons (Fsp3) is 0.391. The smallest absolute Gasteiger partial charge is 0.258 e. The molecule has 1 spiro atoms. The number of halogens is 1. The summed E-state index contributed by atoms with van der Waals surface area (Å²) in [6, 6.07) is 12.3. The molecular formula is C23H23FN2O2. The first-order valence-corrected chi connectivity index (χ1v) is 10.1. The van der Waals surface area contributed by atoms with Gasteiger partial charge in [-0.05, 0) is 55.7 Å². The lowest BCUT2D eigenvalue weighted by atomic mass is 9.80. The lowest BCUT2D eigenvalue weighted by Gasteiger charge is -2.25. The molecule has 1 saturated heterocycles. The number of carbonyl (C=O) groups excluding carboxylic acids is 2. The Balaban J connectivity index is 1.46. The molecule has 2 heterocycles. The normalized spacial score (nSPS) is 20.2. The van der Waals surface area contributed by atoms with E-state index in [2.05, 4.69) is 0 Å². The van der Waals surface area contributed by atoms with Gasteiger partial charge in [0.1, 0.15) is 5.82 Å². The molecule has 2 amide bonds. The van der Waals surface area contributed by atoms with Gasteiger partial charge in [0.15, 0.2) is 0 Å². The summed E-state index contributed by atoms with van der Waals surface area (Å²) in [5.74, 6) is -0.168. The molecule has 0 bridgehead atoms. The van der Waals surface area contributed by atoms with Crippen LogP contribution in [0.3, 0.4) is 0 Å². The van der Waals surface area contributed by atoms with Gasteiger partial charge < -0.3 is 9.80 Å². The highest BCUT2D eigenvalue weighted by Gasteiger charge is 2.48. The van der Waals surface area contributed by atoms with Crippen LogP contribution in [0.15, 0.2) is 42.5 Å². The molecule has 4 nitrogen and oxygen atoms in total. The van der Waals surface area contributed by atoms with Gasteiger partial charge in [0.05, 0.1) is 5.69 Å². The Morgan fingerprint density at radius 1 is 1.00 bits per heavy atom. The first-order chi connectivity index (χ1) is 13.6. The second-order valence-corrected chi connectivity index (χ2v) is 8.21. The van der Waals surface area contributed by atoms with Crippen LogP contribution in [-0.4, -0.2) is 24.9 Å². The van der Waals surface area contributed by atoms with E-state index in [1.807, 2.05) is 18.2 Å². The fourth-order valence-electron chi connectivity index (χ4n) is 5.23. The third kappa shape index (κ3) is 2.56. The lowest BCUT2D eigenvalue weighted by Crippen LogP contribution is -2.35. The molecule has 0 radical (unpaired) electrons. The van der Waals surface area contributed by atoms with Gasteiger partial charge in [-0.1, -0.05) is 18.9 Å². The molecule has 2 aromatic rings. The highest BCUT2D eigenvalue weighted by Crippen LogP contribution is 2.51. The lowest BCUT2D eigenvalue weighted by molar-refractivity contribution is -0.117. The highest BCUT2D eigenvalue weighted by atomic mass is 19.1. The standard InChI is InChI=1S/C23H23FN2O2/c24-18-5-3-6-19-21(18)23(12-1-2-13-23)15-26(19)22(28)16-8-10-17(11-9-16)25-14-4-7-20(25)27/h3,5-6,8-11H,1-2,4,7,12-15H2. The molecule has 5 heteroatoms. The van der Waals surface area contributed by atoms with E-state index < -0.39 is 0 Å². The van der Waals surface area contributed by atoms with E-state index in [0.29, 0.717) is 24.2 Å². The van der Waals surface area contributed by atoms with Crippen LogP contribution in [0.1, 0.15) is 54.4 Å². The Labute approximate surface area is 163 Å². The van der Waals surface area contributed by atoms with Crippen molar-refractivity contribution in [3.8, 4) is 0 Å². The fourth-order valence-corrected chi connectivity index (χ4v) is 5.23. The zero-order valence-electron chi connectivity index (χ0n) is 15.8. The third-order valence-corrected chi connectivity index (χ3v) is 6.58. The molecule has 2 fully saturated rings. The Bertz CT molecular complexity index is 948. The molecule has 0 aromatic heterocycles. The van der Waals surface area contributed by atoms with Crippen LogP contribution < -0.4 is 9.80 Å². The van der Waals surface area contributed by atoms with Gasteiger partial charge >= 0.3 is 0 Å². The van der Waals surface area contributed by atoms with Crippen molar-refractivity contribution in [3.05, 3.63) is 59.4 Å². The van der Waals surface area contributed by atoms with Crippen molar-refractivity contribution in [1.82, 2.24) is 0 Å². The molecule has 5 rings (SSSR count). The van der Waals surface area contributed by atoms with E-state index in [1.165, 1.54) is 6.07 Å². The topological polar surface area (TPSA) is 40.6 Å². The predicted molar refractivity (Wildman–Crippen MR) is 106 cm³/mol. The van der Waals surface area contributed by atoms with Crippen molar-refractivity contribution >= 4 is 23.2 Å². The van der Waals surface area contributed by atoms with Crippen molar-refractivity contribution in [2.24, 2.45) is 0 Å². The maximum absolute atomic E-state index is 14.7. The van der Waals surface area contributed by atoms with Crippen LogP contribution in [0, 0.1) is 5.82 Å². The minimum Gasteiger partial charge on any atom is -0.312 e. The Kier molecular flexibility index (Phi) is 4.00. The first kappa shape index (κ1) is 17.4. The number of hydrogen-bond donors (Lipinski definition) is 0. The van der Waals surface area contributed by atoms with Gasteiger partial charge in [0.25, 0.3) is 5.91 Å². The monoisotopic (exact) mass is 378 g/mol. The van der Waals surface area contributed by atoms with E-state index in [0.717, 1.165) is 49.9 Å². The molecule has 0 atom stereocenters. The van der Waals surface area contributed by atoms with E-state index in [1.54, 1.807) is 28.0 Å². The van der Waals surface area contributed by atoms with Gasteiger partial charge in [0.2, 0.25) is 5.91 Å². The van der Waals surface area contributed by atoms with Crippen molar-refractivity contribution in [2.75, 3.05) is 22.9 Å². The van der Waals surface area contributed by atoms with E-state index in [-0.39, 0.29) is 23.0 Å². The summed E-state index contributed by atoms with van der Waals surface area (Å²) in [4.78, 5) is 28.7. The molecular weight excluding hydrogens is 355 g/mol. The molecule has 1 saturated carbocycles. The maximum Gasteiger partial charge on any atom is 0.258 e. The minimum atomic E-state index is -0.238. The number of benzene rings is 2. The van der Waals surface area contributed by atoms with Gasteiger partial charge in [0, 0.05) is 41.7 Å². The summed E-state index contributed by atoms with van der Waals surface area (Å²) in [7, 11) is 0. The second kappa shape index (κ2) is 6.43. The van der Waals surface area contributed by atoms with Gasteiger partial charge in [-0.25, -0.2) is 4.39 Å². The predicted octanol–water partition coefficient (Wildman–Crippen LogP) is 4.42. The molecule has 28 heavy (non-hydrogen) atoms. The summed E-state index contributed by atoms with van der Waals surface area (Å²) in [6.45, 7) is 1.28. The van der Waals surface area contributed by atoms with Gasteiger partial charge in [-0.2, -0.15) is 0 Å². The first-order valence-electron chi connectivity index (χ1n) is 10.1. The number of amides is 2. The summed E-state index contributed by atoms with van der Waals surface area (Å²) >= 11 is 0. The van der Waals surface area contributed by atoms with Crippen LogP contribution in [-0.2, 0) is 10.2 Å². The molecule has 2 aromatic carbocycles. The largest absolute Gasteiger partial charge is 0.312 e. The number of fused-ring (bicyclic) bond motifs is 2. The minimum absolute atomic E-state index is 0.102. The molecule has 1 aliphatic carbocycles. The number of anilines is 2. The molecule has 3 aliphatic rings. The molecule has 144 valence electrons. The van der Waals surface area contributed by atoms with Crippen LogP contribution >= 0.6 is 0 Å². The molecule has 0 N–H and O–H groups in total. The van der Waals surface area contributed by atoms with Gasteiger partial charge in [-0.15, -0.1) is 0 Å². The zero-order chi connectivity index (χ0) is 19.3. The second-order valence-electron chi connectivity index (χ2n) is 8.21. The van der Waals surface area contributed by atoms with E-state index >= 15 is 0 Å². The summed E-state index contributed by atoms with van der Waals surface area (Å²) in [5.41, 5.74) is 2.60. The van der Waals surface area contributed by atoms with Crippen molar-refractivity contribution in [2.45, 2.75) is 43.9 Å². The number of nitrogens with zero attached hydrogens (tertiary/aromatic N) is 2. The van der Waals surface area contributed by atoms with E-state index in [4.69, 9.17) is 0 Å². The third-order valence-electron chi connectivity index (χ3n) is 6.58. The van der Waals surface area contributed by atoms with E-state index in [9.17, 15) is 14.0 Å². The Morgan fingerprint density at radius 3 is 2.43 bits per heavy atom. The molecule has 2 aliphatic heterocycles. The van der Waals surface area contributed by atoms with Crippen molar-refractivity contribution in [1.29, 1.82) is 0 Å². The number of rotatable bonds is 2. The Hall–Kier alpha value is -2.69. The van der Waals surface area contributed by atoms with Gasteiger partial charge in [-0.3, -0.25) is 9.59 Å². The Morgan fingerprint density at radius 2 is 1.75 bits per heavy atom. The van der Waals surface area contributed by atoms with Crippen LogP contribution in [0.2, 0.25) is 0 Å². The quantitative estimate of drug-likeness (QED) is 0.776. The van der Waals surface area contributed by atoms with Crippen molar-refractivity contribution in [3.63, 3.8) is 0 Å². The summed E-state index contributed by atoms with van der Waals surface area (Å²) in [6.07, 6.45) is 5.47. The number of hydrogen-bond acceptors (Lipinski definition) is 2.